The highest BCUT2D eigenvalue weighted by Gasteiger charge is 2.05. The molecule has 0 saturated carbocycles. The summed E-state index contributed by atoms with van der Waals surface area (Å²) in [6.07, 6.45) is 0. The third-order valence-electron chi connectivity index (χ3n) is 3.44. The third kappa shape index (κ3) is 3.62. The fraction of sp³-hybridized carbons (Fsp3) is 0.294. The van der Waals surface area contributed by atoms with Crippen molar-refractivity contribution in [3.63, 3.8) is 0 Å². The van der Waals surface area contributed by atoms with Gasteiger partial charge >= 0.3 is 0 Å². The molecule has 20 heavy (non-hydrogen) atoms. The van der Waals surface area contributed by atoms with Gasteiger partial charge in [0.2, 0.25) is 0 Å². The molecule has 0 aromatic heterocycles. The normalized spacial score (nSPS) is 10.6. The van der Waals surface area contributed by atoms with E-state index in [1.807, 2.05) is 19.2 Å². The van der Waals surface area contributed by atoms with Crippen molar-refractivity contribution in [2.45, 2.75) is 27.0 Å². The largest absolute Gasteiger partial charge is 0.489 e. The Kier molecular flexibility index (Phi) is 5.21. The summed E-state index contributed by atoms with van der Waals surface area (Å²) in [5.74, 6) is 0.955. The van der Waals surface area contributed by atoms with Gasteiger partial charge in [-0.05, 0) is 49.7 Å². The molecule has 2 rings (SSSR count). The number of benzene rings is 2. The average molecular weight is 334 g/mol. The lowest BCUT2D eigenvalue weighted by molar-refractivity contribution is 0.303. The van der Waals surface area contributed by atoms with Gasteiger partial charge in [0.15, 0.2) is 0 Å². The van der Waals surface area contributed by atoms with Crippen molar-refractivity contribution < 1.29 is 4.74 Å². The molecular weight excluding hydrogens is 314 g/mol. The van der Waals surface area contributed by atoms with Crippen LogP contribution in [0, 0.1) is 13.8 Å². The lowest BCUT2D eigenvalue weighted by Gasteiger charge is -2.12. The number of aryl methyl sites for hydroxylation is 1. The number of hydrogen-bond acceptors (Lipinski definition) is 2. The predicted octanol–water partition coefficient (Wildman–Crippen LogP) is 4.36. The van der Waals surface area contributed by atoms with Gasteiger partial charge in [-0.15, -0.1) is 0 Å². The van der Waals surface area contributed by atoms with E-state index in [1.165, 1.54) is 16.7 Å². The standard InChI is InChI=1S/C17H20BrNO/c1-12-5-4-6-17(13(12)2)20-11-15-8-7-14(10-19-3)9-16(15)18/h4-9,19H,10-11H2,1-3H3. The maximum atomic E-state index is 5.94. The molecule has 0 aliphatic carbocycles. The zero-order valence-electron chi connectivity index (χ0n) is 12.2. The molecule has 3 heteroatoms. The summed E-state index contributed by atoms with van der Waals surface area (Å²) in [6.45, 7) is 5.64. The molecule has 0 aliphatic heterocycles. The highest BCUT2D eigenvalue weighted by Crippen LogP contribution is 2.24. The molecule has 0 heterocycles. The molecule has 0 atom stereocenters. The minimum atomic E-state index is 0.574. The first-order valence-corrected chi connectivity index (χ1v) is 7.52. The molecule has 0 bridgehead atoms. The van der Waals surface area contributed by atoms with Crippen LogP contribution in [-0.2, 0) is 13.2 Å². The fourth-order valence-corrected chi connectivity index (χ4v) is 2.60. The van der Waals surface area contributed by atoms with Crippen LogP contribution in [-0.4, -0.2) is 7.05 Å². The van der Waals surface area contributed by atoms with Crippen molar-refractivity contribution in [2.24, 2.45) is 0 Å². The Labute approximate surface area is 129 Å². The van der Waals surface area contributed by atoms with Gasteiger partial charge in [-0.25, -0.2) is 0 Å². The van der Waals surface area contributed by atoms with Crippen molar-refractivity contribution >= 4 is 15.9 Å². The second kappa shape index (κ2) is 6.91. The highest BCUT2D eigenvalue weighted by atomic mass is 79.9. The fourth-order valence-electron chi connectivity index (χ4n) is 2.06. The molecule has 2 aromatic rings. The first-order chi connectivity index (χ1) is 9.61. The van der Waals surface area contributed by atoms with Gasteiger partial charge in [0.1, 0.15) is 12.4 Å². The van der Waals surface area contributed by atoms with Gasteiger partial charge in [0.05, 0.1) is 0 Å². The highest BCUT2D eigenvalue weighted by molar-refractivity contribution is 9.10. The van der Waals surface area contributed by atoms with Gasteiger partial charge in [-0.1, -0.05) is 40.2 Å². The van der Waals surface area contributed by atoms with E-state index in [4.69, 9.17) is 4.74 Å². The first kappa shape index (κ1) is 15.1. The van der Waals surface area contributed by atoms with Crippen molar-refractivity contribution in [1.82, 2.24) is 5.32 Å². The zero-order valence-corrected chi connectivity index (χ0v) is 13.8. The topological polar surface area (TPSA) is 21.3 Å². The molecule has 0 amide bonds. The van der Waals surface area contributed by atoms with Crippen LogP contribution in [0.5, 0.6) is 5.75 Å². The Bertz CT molecular complexity index is 596. The molecule has 0 spiro atoms. The third-order valence-corrected chi connectivity index (χ3v) is 4.17. The SMILES string of the molecule is CNCc1ccc(COc2cccc(C)c2C)c(Br)c1. The molecule has 0 aliphatic rings. The lowest BCUT2D eigenvalue weighted by atomic mass is 10.1. The maximum Gasteiger partial charge on any atom is 0.122 e. The van der Waals surface area contributed by atoms with Crippen LogP contribution in [0.15, 0.2) is 40.9 Å². The second-order valence-corrected chi connectivity index (χ2v) is 5.80. The Morgan fingerprint density at radius 3 is 2.65 bits per heavy atom. The summed E-state index contributed by atoms with van der Waals surface area (Å²) in [5.41, 5.74) is 4.88. The minimum Gasteiger partial charge on any atom is -0.489 e. The van der Waals surface area contributed by atoms with Gasteiger partial charge in [0, 0.05) is 16.6 Å². The molecule has 1 N–H and O–H groups in total. The van der Waals surface area contributed by atoms with Gasteiger partial charge < -0.3 is 10.1 Å². The van der Waals surface area contributed by atoms with Gasteiger partial charge in [-0.3, -0.25) is 0 Å². The van der Waals surface area contributed by atoms with Crippen LogP contribution in [0.25, 0.3) is 0 Å². The quantitative estimate of drug-likeness (QED) is 0.877. The summed E-state index contributed by atoms with van der Waals surface area (Å²) >= 11 is 3.62. The zero-order chi connectivity index (χ0) is 14.5. The van der Waals surface area contributed by atoms with Crippen molar-refractivity contribution in [1.29, 1.82) is 0 Å². The molecular formula is C17H20BrNO. The number of nitrogens with one attached hydrogen (secondary N) is 1. The van der Waals surface area contributed by atoms with E-state index in [1.54, 1.807) is 0 Å². The molecule has 2 nitrogen and oxygen atoms in total. The van der Waals surface area contributed by atoms with Crippen LogP contribution >= 0.6 is 15.9 Å². The maximum absolute atomic E-state index is 5.94. The van der Waals surface area contributed by atoms with E-state index in [0.717, 1.165) is 22.3 Å². The summed E-state index contributed by atoms with van der Waals surface area (Å²) in [4.78, 5) is 0. The first-order valence-electron chi connectivity index (χ1n) is 6.72. The molecule has 0 unspecified atom stereocenters. The summed E-state index contributed by atoms with van der Waals surface area (Å²) in [5, 5.41) is 3.15. The van der Waals surface area contributed by atoms with E-state index >= 15 is 0 Å². The average Bonchev–Trinajstić information content (AvgIpc) is 2.42. The molecule has 0 fully saturated rings. The van der Waals surface area contributed by atoms with Crippen molar-refractivity contribution in [3.8, 4) is 5.75 Å². The lowest BCUT2D eigenvalue weighted by Crippen LogP contribution is -2.05. The van der Waals surface area contributed by atoms with Crippen LogP contribution in [0.4, 0.5) is 0 Å². The van der Waals surface area contributed by atoms with E-state index in [2.05, 4.69) is 59.4 Å². The second-order valence-electron chi connectivity index (χ2n) is 4.94. The number of hydrogen-bond donors (Lipinski definition) is 1. The summed E-state index contributed by atoms with van der Waals surface area (Å²) in [6, 6.07) is 12.5. The predicted molar refractivity (Wildman–Crippen MR) is 87.2 cm³/mol. The molecule has 106 valence electrons. The Hall–Kier alpha value is -1.32. The van der Waals surface area contributed by atoms with E-state index in [0.29, 0.717) is 6.61 Å². The Balaban J connectivity index is 2.09. The van der Waals surface area contributed by atoms with Gasteiger partial charge in [-0.2, -0.15) is 0 Å². The van der Waals surface area contributed by atoms with E-state index in [-0.39, 0.29) is 0 Å². The monoisotopic (exact) mass is 333 g/mol. The summed E-state index contributed by atoms with van der Waals surface area (Å²) in [7, 11) is 1.95. The van der Waals surface area contributed by atoms with Crippen molar-refractivity contribution in [2.75, 3.05) is 7.05 Å². The Morgan fingerprint density at radius 2 is 1.95 bits per heavy atom. The Morgan fingerprint density at radius 1 is 1.15 bits per heavy atom. The minimum absolute atomic E-state index is 0.574. The number of rotatable bonds is 5. The van der Waals surface area contributed by atoms with Crippen molar-refractivity contribution in [3.05, 3.63) is 63.1 Å². The van der Waals surface area contributed by atoms with E-state index < -0.39 is 0 Å². The van der Waals surface area contributed by atoms with Crippen LogP contribution in [0.2, 0.25) is 0 Å². The van der Waals surface area contributed by atoms with Crippen LogP contribution in [0.1, 0.15) is 22.3 Å². The van der Waals surface area contributed by atoms with Crippen LogP contribution < -0.4 is 10.1 Å². The molecule has 2 aromatic carbocycles. The summed E-state index contributed by atoms with van der Waals surface area (Å²) < 4.78 is 7.03. The smallest absolute Gasteiger partial charge is 0.122 e. The molecule has 0 radical (unpaired) electrons. The number of halogens is 1. The number of ether oxygens (including phenoxy) is 1. The van der Waals surface area contributed by atoms with E-state index in [9.17, 15) is 0 Å². The van der Waals surface area contributed by atoms with Crippen LogP contribution in [0.3, 0.4) is 0 Å². The van der Waals surface area contributed by atoms with Gasteiger partial charge in [0.25, 0.3) is 0 Å². The molecule has 0 saturated heterocycles.